The van der Waals surface area contributed by atoms with E-state index in [0.717, 1.165) is 110 Å². The fourth-order valence-corrected chi connectivity index (χ4v) is 15.0. The van der Waals surface area contributed by atoms with Crippen molar-refractivity contribution in [1.82, 2.24) is 48.7 Å². The molecule has 0 bridgehead atoms. The number of imidazole rings is 2. The third-order valence-electron chi connectivity index (χ3n) is 21.0. The number of hydrogen-bond donors (Lipinski definition) is 0. The molecule has 14 heteroatoms. The van der Waals surface area contributed by atoms with Gasteiger partial charge in [-0.2, -0.15) is 0 Å². The molecule has 0 amide bonds. The maximum atomic E-state index is 6.38. The lowest BCUT2D eigenvalue weighted by Gasteiger charge is -2.32. The first-order chi connectivity index (χ1) is 52.9. The number of hydrogen-bond acceptors (Lipinski definition) is 10. The van der Waals surface area contributed by atoms with Gasteiger partial charge in [0.25, 0.3) is 0 Å². The molecule has 1 saturated heterocycles. The highest BCUT2D eigenvalue weighted by atomic mass is 79.9. The molecule has 514 valence electrons. The minimum absolute atomic E-state index is 0.383. The molecular formula is C94H66BBrN10O2. The molecule has 20 aromatic rings. The van der Waals surface area contributed by atoms with Crippen molar-refractivity contribution in [2.75, 3.05) is 0 Å². The Morgan fingerprint density at radius 3 is 0.963 bits per heavy atom. The van der Waals surface area contributed by atoms with Gasteiger partial charge in [-0.05, 0) is 149 Å². The molecule has 7 heterocycles. The van der Waals surface area contributed by atoms with Crippen LogP contribution in [-0.4, -0.2) is 67.0 Å². The van der Waals surface area contributed by atoms with Crippen molar-refractivity contribution in [1.29, 1.82) is 0 Å². The maximum Gasteiger partial charge on any atom is 0.494 e. The first-order valence-electron chi connectivity index (χ1n) is 36.2. The number of para-hydroxylation sites is 4. The van der Waals surface area contributed by atoms with Gasteiger partial charge in [0.1, 0.15) is 11.3 Å². The van der Waals surface area contributed by atoms with Crippen molar-refractivity contribution in [3.63, 3.8) is 0 Å². The summed E-state index contributed by atoms with van der Waals surface area (Å²) in [5.74, 6) is 3.96. The molecule has 0 unspecified atom stereocenters. The van der Waals surface area contributed by atoms with E-state index in [-0.39, 0.29) is 11.2 Å². The van der Waals surface area contributed by atoms with Crippen LogP contribution < -0.4 is 5.46 Å². The van der Waals surface area contributed by atoms with Crippen molar-refractivity contribution in [2.45, 2.75) is 38.9 Å². The zero-order chi connectivity index (χ0) is 72.6. The largest absolute Gasteiger partial charge is 0.494 e. The van der Waals surface area contributed by atoms with Gasteiger partial charge >= 0.3 is 7.12 Å². The molecule has 108 heavy (non-hydrogen) atoms. The topological polar surface area (TPSA) is 130 Å². The smallest absolute Gasteiger partial charge is 0.399 e. The number of pyridine rings is 2. The normalized spacial score (nSPS) is 13.3. The lowest BCUT2D eigenvalue weighted by atomic mass is 9.78. The van der Waals surface area contributed by atoms with Crippen molar-refractivity contribution in [2.24, 2.45) is 0 Å². The Morgan fingerprint density at radius 1 is 0.259 bits per heavy atom. The highest BCUT2D eigenvalue weighted by Gasteiger charge is 2.52. The lowest BCUT2D eigenvalue weighted by molar-refractivity contribution is 0.00578. The molecule has 12 nitrogen and oxygen atoms in total. The van der Waals surface area contributed by atoms with Crippen LogP contribution >= 0.6 is 15.9 Å². The van der Waals surface area contributed by atoms with Crippen LogP contribution in [0.25, 0.3) is 178 Å². The van der Waals surface area contributed by atoms with Crippen LogP contribution in [-0.2, 0) is 9.31 Å². The van der Waals surface area contributed by atoms with E-state index in [0.29, 0.717) is 34.9 Å². The van der Waals surface area contributed by atoms with E-state index >= 15 is 0 Å². The Kier molecular flexibility index (Phi) is 16.4. The van der Waals surface area contributed by atoms with Gasteiger partial charge in [-0.3, -0.25) is 8.80 Å². The molecule has 0 radical (unpaired) electrons. The van der Waals surface area contributed by atoms with Crippen molar-refractivity contribution >= 4 is 127 Å². The highest BCUT2D eigenvalue weighted by Crippen LogP contribution is 2.41. The second-order valence-electron chi connectivity index (χ2n) is 28.3. The minimum Gasteiger partial charge on any atom is -0.399 e. The van der Waals surface area contributed by atoms with Gasteiger partial charge in [-0.15, -0.1) is 0 Å². The van der Waals surface area contributed by atoms with E-state index in [1.807, 2.05) is 152 Å². The molecule has 6 aromatic heterocycles. The first kappa shape index (κ1) is 65.8. The van der Waals surface area contributed by atoms with Crippen molar-refractivity contribution in [3.8, 4) is 79.5 Å². The Morgan fingerprint density at radius 2 is 0.565 bits per heavy atom. The summed E-state index contributed by atoms with van der Waals surface area (Å²) in [5, 5.41) is 12.0. The zero-order valence-corrected chi connectivity index (χ0v) is 61.0. The van der Waals surface area contributed by atoms with Crippen LogP contribution in [0.15, 0.2) is 332 Å². The number of halogens is 1. The number of nitrogens with zero attached hydrogens (tertiary/aromatic N) is 10. The predicted octanol–water partition coefficient (Wildman–Crippen LogP) is 22.7. The average Bonchev–Trinajstić information content (AvgIpc) is 1.51. The minimum atomic E-state index is -0.411. The number of rotatable bonds is 8. The molecule has 1 aliphatic heterocycles. The predicted molar refractivity (Wildman–Crippen MR) is 445 cm³/mol. The fourth-order valence-electron chi connectivity index (χ4n) is 14.7. The van der Waals surface area contributed by atoms with Gasteiger partial charge in [0.05, 0.1) is 44.3 Å². The first-order valence-corrected chi connectivity index (χ1v) is 36.9. The van der Waals surface area contributed by atoms with Crippen LogP contribution in [0, 0.1) is 0 Å². The standard InChI is InChI=1S/C44H27N5.C29H25BN2O2.C21H14BrN3/c1-3-11-29(12-4-1)41-46-42(30-13-5-2-6-14-30)48-43(47-41)31-21-19-28(20-22-31)34-23-24-35-36-25-32-15-7-8-16-33(32)26-37(36)44-45-38-17-9-10-18-39(38)49(44)40(35)27-34;1-28(2)29(3,4)34-30(33-28)20-13-14-21-22-15-18-9-5-6-10-19(18)16-23(22)27-31-24-11-7-8-12-25(24)32(27)26(21)17-20;22-18-13-11-17(12-14-18)21-24-19(15-7-3-1-4-8-15)23-20(25-21)16-9-5-2-6-10-16/h1-27H;5-17H,1-4H3;1-14H. The molecule has 14 aromatic carbocycles. The third kappa shape index (κ3) is 12.0. The van der Waals surface area contributed by atoms with Crippen molar-refractivity contribution < 1.29 is 9.31 Å². The van der Waals surface area contributed by atoms with E-state index in [9.17, 15) is 0 Å². The summed E-state index contributed by atoms with van der Waals surface area (Å²) >= 11 is 3.47. The number of benzene rings is 14. The summed E-state index contributed by atoms with van der Waals surface area (Å²) < 4.78 is 18.4. The van der Waals surface area contributed by atoms with Gasteiger partial charge in [-0.1, -0.05) is 271 Å². The SMILES string of the molecule is Brc1ccc(-c2nc(-c3ccccc3)nc(-c3ccccc3)n2)cc1.CC1(C)OB(c2ccc3c4cc5ccccc5cc4c4nc5ccccc5n4c3c2)OC1(C)C.c1ccc(-c2nc(-c3ccccc3)nc(-c3ccc(-c4ccc5c6cc7ccccc7cc6c6nc7ccccc7n6c5c4)cc3)n2)cc1. The van der Waals surface area contributed by atoms with Crippen molar-refractivity contribution in [3.05, 3.63) is 332 Å². The highest BCUT2D eigenvalue weighted by molar-refractivity contribution is 9.10. The summed E-state index contributed by atoms with van der Waals surface area (Å²) in [6.07, 6.45) is 0. The summed E-state index contributed by atoms with van der Waals surface area (Å²) in [4.78, 5) is 39.0. The maximum absolute atomic E-state index is 6.38. The molecule has 21 rings (SSSR count). The molecule has 0 saturated carbocycles. The monoisotopic (exact) mass is 1460 g/mol. The molecule has 0 atom stereocenters. The number of fused-ring (bicyclic) bond motifs is 18. The summed E-state index contributed by atoms with van der Waals surface area (Å²) in [5.41, 5.74) is 16.6. The quantitative estimate of drug-likeness (QED) is 0.0823. The van der Waals surface area contributed by atoms with E-state index in [2.05, 4.69) is 233 Å². The fraction of sp³-hybridized carbons (Fsp3) is 0.0638. The van der Waals surface area contributed by atoms with Crippen LogP contribution in [0.3, 0.4) is 0 Å². The van der Waals surface area contributed by atoms with Gasteiger partial charge in [-0.25, -0.2) is 39.9 Å². The number of aromatic nitrogens is 10. The Labute approximate surface area is 631 Å². The van der Waals surface area contributed by atoms with Gasteiger partial charge in [0, 0.05) is 59.4 Å². The Hall–Kier alpha value is -13.0. The van der Waals surface area contributed by atoms with Crippen LogP contribution in [0.4, 0.5) is 0 Å². The molecule has 1 aliphatic rings. The summed E-state index contributed by atoms with van der Waals surface area (Å²) in [6.45, 7) is 8.37. The lowest BCUT2D eigenvalue weighted by Crippen LogP contribution is -2.41. The van der Waals surface area contributed by atoms with E-state index in [1.165, 1.54) is 43.1 Å². The van der Waals surface area contributed by atoms with Gasteiger partial charge < -0.3 is 9.31 Å². The van der Waals surface area contributed by atoms with Crippen LogP contribution in [0.5, 0.6) is 0 Å². The van der Waals surface area contributed by atoms with Crippen LogP contribution in [0.1, 0.15) is 27.7 Å². The summed E-state index contributed by atoms with van der Waals surface area (Å²) in [7, 11) is -0.411. The average molecular weight is 1460 g/mol. The second-order valence-corrected chi connectivity index (χ2v) is 29.2. The Bertz CT molecular complexity index is 6750. The molecule has 0 spiro atoms. The zero-order valence-electron chi connectivity index (χ0n) is 59.4. The van der Waals surface area contributed by atoms with E-state index < -0.39 is 7.12 Å². The van der Waals surface area contributed by atoms with Crippen LogP contribution in [0.2, 0.25) is 0 Å². The second kappa shape index (κ2) is 26.9. The van der Waals surface area contributed by atoms with Gasteiger partial charge in [0.15, 0.2) is 34.9 Å². The Balaban J connectivity index is 0.000000117. The summed E-state index contributed by atoms with van der Waals surface area (Å²) in [6, 6.07) is 113. The molecule has 0 aliphatic carbocycles. The van der Waals surface area contributed by atoms with E-state index in [1.54, 1.807) is 0 Å². The van der Waals surface area contributed by atoms with Gasteiger partial charge in [0.2, 0.25) is 0 Å². The molecule has 1 fully saturated rings. The van der Waals surface area contributed by atoms with E-state index in [4.69, 9.17) is 44.2 Å². The molecule has 0 N–H and O–H groups in total. The molecular weight excluding hydrogens is 1390 g/mol. The third-order valence-corrected chi connectivity index (χ3v) is 21.5.